The summed E-state index contributed by atoms with van der Waals surface area (Å²) in [7, 11) is 0. The summed E-state index contributed by atoms with van der Waals surface area (Å²) in [6.07, 6.45) is 6.08. The lowest BCUT2D eigenvalue weighted by molar-refractivity contribution is 0.1000. The fraction of sp³-hybridized carbons (Fsp3) is 0.562. The number of nitrogens with two attached hydrogens (primary N) is 1. The van der Waals surface area contributed by atoms with Crippen molar-refractivity contribution < 1.29 is 9.18 Å². The van der Waals surface area contributed by atoms with Gasteiger partial charge in [-0.2, -0.15) is 0 Å². The second kappa shape index (κ2) is 6.84. The molecule has 1 aliphatic rings. The lowest BCUT2D eigenvalue weighted by Gasteiger charge is -2.16. The first kappa shape index (κ1) is 15.0. The van der Waals surface area contributed by atoms with Crippen LogP contribution in [0.15, 0.2) is 18.2 Å². The number of nitrogens with one attached hydrogen (secondary N) is 1. The highest BCUT2D eigenvalue weighted by Crippen LogP contribution is 2.23. The van der Waals surface area contributed by atoms with Crippen LogP contribution < -0.4 is 11.1 Å². The van der Waals surface area contributed by atoms with Gasteiger partial charge in [-0.25, -0.2) is 4.39 Å². The maximum atomic E-state index is 13.9. The average Bonchev–Trinajstić information content (AvgIpc) is 2.62. The molecule has 2 rings (SSSR count). The van der Waals surface area contributed by atoms with Gasteiger partial charge in [-0.3, -0.25) is 4.79 Å². The second-order valence-corrected chi connectivity index (χ2v) is 5.86. The van der Waals surface area contributed by atoms with E-state index < -0.39 is 5.91 Å². The molecule has 0 bridgehead atoms. The fourth-order valence-corrected chi connectivity index (χ4v) is 2.79. The van der Waals surface area contributed by atoms with Crippen molar-refractivity contribution in [3.63, 3.8) is 0 Å². The van der Waals surface area contributed by atoms with Crippen LogP contribution in [0.5, 0.6) is 0 Å². The third kappa shape index (κ3) is 4.04. The summed E-state index contributed by atoms with van der Waals surface area (Å²) in [4.78, 5) is 11.0. The van der Waals surface area contributed by atoms with E-state index in [1.165, 1.54) is 25.3 Å². The van der Waals surface area contributed by atoms with E-state index >= 15 is 0 Å². The normalized spacial score (nSPS) is 23.3. The van der Waals surface area contributed by atoms with Crippen molar-refractivity contribution in [3.05, 3.63) is 35.1 Å². The Morgan fingerprint density at radius 3 is 2.85 bits per heavy atom. The van der Waals surface area contributed by atoms with Crippen LogP contribution in [-0.4, -0.2) is 11.9 Å². The zero-order valence-electron chi connectivity index (χ0n) is 12.0. The molecule has 1 aliphatic carbocycles. The largest absolute Gasteiger partial charge is 0.366 e. The number of hydrogen-bond acceptors (Lipinski definition) is 2. The van der Waals surface area contributed by atoms with Gasteiger partial charge >= 0.3 is 0 Å². The maximum Gasteiger partial charge on any atom is 0.248 e. The van der Waals surface area contributed by atoms with Gasteiger partial charge < -0.3 is 11.1 Å². The molecule has 0 aliphatic heterocycles. The zero-order chi connectivity index (χ0) is 14.5. The highest BCUT2D eigenvalue weighted by Gasteiger charge is 2.16. The average molecular weight is 278 g/mol. The Labute approximate surface area is 119 Å². The summed E-state index contributed by atoms with van der Waals surface area (Å²) in [6, 6.07) is 4.91. The van der Waals surface area contributed by atoms with E-state index in [1.807, 2.05) is 0 Å². The Bertz CT molecular complexity index is 476. The van der Waals surface area contributed by atoms with E-state index in [-0.39, 0.29) is 11.4 Å². The minimum Gasteiger partial charge on any atom is -0.366 e. The highest BCUT2D eigenvalue weighted by atomic mass is 19.1. The van der Waals surface area contributed by atoms with Gasteiger partial charge in [-0.15, -0.1) is 0 Å². The van der Waals surface area contributed by atoms with Gasteiger partial charge in [0.15, 0.2) is 0 Å². The quantitative estimate of drug-likeness (QED) is 0.832. The number of halogens is 1. The maximum absolute atomic E-state index is 13.9. The summed E-state index contributed by atoms with van der Waals surface area (Å²) in [5, 5.41) is 3.43. The van der Waals surface area contributed by atoms with Crippen LogP contribution in [0.4, 0.5) is 4.39 Å². The predicted molar refractivity (Wildman–Crippen MR) is 77.8 cm³/mol. The molecule has 1 fully saturated rings. The molecule has 2 atom stereocenters. The molecule has 110 valence electrons. The Morgan fingerprint density at radius 1 is 1.35 bits per heavy atom. The molecule has 0 heterocycles. The van der Waals surface area contributed by atoms with E-state index in [2.05, 4.69) is 12.2 Å². The second-order valence-electron chi connectivity index (χ2n) is 5.86. The molecule has 1 amide bonds. The minimum atomic E-state index is -0.596. The number of amides is 1. The van der Waals surface area contributed by atoms with Gasteiger partial charge in [-0.1, -0.05) is 25.8 Å². The Balaban J connectivity index is 1.92. The summed E-state index contributed by atoms with van der Waals surface area (Å²) in [6.45, 7) is 2.80. The molecule has 3 nitrogen and oxygen atoms in total. The first-order valence-electron chi connectivity index (χ1n) is 7.38. The van der Waals surface area contributed by atoms with Gasteiger partial charge in [0.2, 0.25) is 5.91 Å². The van der Waals surface area contributed by atoms with E-state index in [0.717, 1.165) is 18.8 Å². The number of rotatable bonds is 4. The zero-order valence-corrected chi connectivity index (χ0v) is 12.0. The summed E-state index contributed by atoms with van der Waals surface area (Å²) in [5.74, 6) is -0.162. The molecule has 1 aromatic rings. The molecular weight excluding hydrogens is 255 g/mol. The minimum absolute atomic E-state index is 0.217. The Morgan fingerprint density at radius 2 is 2.15 bits per heavy atom. The van der Waals surface area contributed by atoms with Crippen LogP contribution >= 0.6 is 0 Å². The Kier molecular flexibility index (Phi) is 5.12. The van der Waals surface area contributed by atoms with Crippen molar-refractivity contribution in [1.29, 1.82) is 0 Å². The standard InChI is InChI=1S/C16H23FN2O/c1-11-3-2-4-14(8-5-11)19-10-13-7-6-12(16(18)20)9-15(13)17/h6-7,9,11,14,19H,2-5,8,10H2,1H3,(H2,18,20). The van der Waals surface area contributed by atoms with E-state index in [0.29, 0.717) is 18.2 Å². The summed E-state index contributed by atoms with van der Waals surface area (Å²) in [5.41, 5.74) is 5.94. The molecule has 0 aromatic heterocycles. The SMILES string of the molecule is CC1CCCC(NCc2ccc(C(N)=O)cc2F)CC1. The molecule has 3 N–H and O–H groups in total. The summed E-state index contributed by atoms with van der Waals surface area (Å²) < 4.78 is 13.9. The van der Waals surface area contributed by atoms with Crippen LogP contribution in [-0.2, 0) is 6.54 Å². The topological polar surface area (TPSA) is 55.1 Å². The monoisotopic (exact) mass is 278 g/mol. The molecule has 0 radical (unpaired) electrons. The van der Waals surface area contributed by atoms with Crippen LogP contribution in [0.3, 0.4) is 0 Å². The van der Waals surface area contributed by atoms with Crippen LogP contribution in [0, 0.1) is 11.7 Å². The third-order valence-electron chi connectivity index (χ3n) is 4.18. The molecule has 1 aromatic carbocycles. The van der Waals surface area contributed by atoms with Crippen molar-refractivity contribution >= 4 is 5.91 Å². The van der Waals surface area contributed by atoms with E-state index in [4.69, 9.17) is 5.73 Å². The fourth-order valence-electron chi connectivity index (χ4n) is 2.79. The van der Waals surface area contributed by atoms with Crippen LogP contribution in [0.2, 0.25) is 0 Å². The molecular formula is C16H23FN2O. The molecule has 0 spiro atoms. The predicted octanol–water partition coefficient (Wildman–Crippen LogP) is 2.98. The number of benzene rings is 1. The van der Waals surface area contributed by atoms with Crippen molar-refractivity contribution in [3.8, 4) is 0 Å². The molecule has 20 heavy (non-hydrogen) atoms. The first-order valence-corrected chi connectivity index (χ1v) is 7.38. The smallest absolute Gasteiger partial charge is 0.248 e. The van der Waals surface area contributed by atoms with Crippen LogP contribution in [0.1, 0.15) is 54.9 Å². The number of carbonyl (C=O) groups is 1. The highest BCUT2D eigenvalue weighted by molar-refractivity contribution is 5.92. The molecule has 1 saturated carbocycles. The van der Waals surface area contributed by atoms with Crippen molar-refractivity contribution in [2.45, 2.75) is 51.6 Å². The van der Waals surface area contributed by atoms with Crippen molar-refractivity contribution in [2.75, 3.05) is 0 Å². The Hall–Kier alpha value is -1.42. The van der Waals surface area contributed by atoms with Gasteiger partial charge in [0.05, 0.1) is 0 Å². The number of hydrogen-bond donors (Lipinski definition) is 2. The first-order chi connectivity index (χ1) is 9.56. The van der Waals surface area contributed by atoms with Gasteiger partial charge in [-0.05, 0) is 37.3 Å². The van der Waals surface area contributed by atoms with E-state index in [9.17, 15) is 9.18 Å². The lowest BCUT2D eigenvalue weighted by Crippen LogP contribution is -2.28. The van der Waals surface area contributed by atoms with E-state index in [1.54, 1.807) is 12.1 Å². The van der Waals surface area contributed by atoms with Gasteiger partial charge in [0.1, 0.15) is 5.82 Å². The molecule has 0 saturated heterocycles. The van der Waals surface area contributed by atoms with Crippen molar-refractivity contribution in [2.24, 2.45) is 11.7 Å². The number of carbonyl (C=O) groups excluding carboxylic acids is 1. The molecule has 4 heteroatoms. The lowest BCUT2D eigenvalue weighted by atomic mass is 10.0. The van der Waals surface area contributed by atoms with Gasteiger partial charge in [0, 0.05) is 23.7 Å². The molecule has 2 unspecified atom stereocenters. The van der Waals surface area contributed by atoms with Crippen LogP contribution in [0.25, 0.3) is 0 Å². The number of primary amides is 1. The van der Waals surface area contributed by atoms with Crippen molar-refractivity contribution in [1.82, 2.24) is 5.32 Å². The summed E-state index contributed by atoms with van der Waals surface area (Å²) >= 11 is 0. The third-order valence-corrected chi connectivity index (χ3v) is 4.18. The van der Waals surface area contributed by atoms with Gasteiger partial charge in [0.25, 0.3) is 0 Å².